The Bertz CT molecular complexity index is 544. The van der Waals surface area contributed by atoms with Crippen LogP contribution in [-0.2, 0) is 0 Å². The van der Waals surface area contributed by atoms with Gasteiger partial charge in [-0.15, -0.1) is 10.2 Å². The largest absolute Gasteiger partial charge is 0.494 e. The zero-order chi connectivity index (χ0) is 13.1. The second-order valence-electron chi connectivity index (χ2n) is 3.89. The molecule has 2 aromatic rings. The van der Waals surface area contributed by atoms with Crippen LogP contribution in [0.1, 0.15) is 23.5 Å². The number of halogens is 1. The fourth-order valence-electron chi connectivity index (χ4n) is 1.58. The van der Waals surface area contributed by atoms with Gasteiger partial charge in [0.15, 0.2) is 11.6 Å². The lowest BCUT2D eigenvalue weighted by molar-refractivity contribution is 0.386. The van der Waals surface area contributed by atoms with Gasteiger partial charge in [0.25, 0.3) is 0 Å². The molecule has 0 radical (unpaired) electrons. The Kier molecular flexibility index (Phi) is 3.76. The van der Waals surface area contributed by atoms with Gasteiger partial charge in [0.05, 0.1) is 13.2 Å². The molecule has 0 bridgehead atoms. The molecule has 18 heavy (non-hydrogen) atoms. The molecule has 1 N–H and O–H groups in total. The van der Waals surface area contributed by atoms with Crippen molar-refractivity contribution in [3.63, 3.8) is 0 Å². The molecule has 1 aromatic heterocycles. The van der Waals surface area contributed by atoms with Crippen molar-refractivity contribution in [2.75, 3.05) is 12.4 Å². The van der Waals surface area contributed by atoms with Gasteiger partial charge in [-0.05, 0) is 31.5 Å². The monoisotopic (exact) mass is 267 g/mol. The van der Waals surface area contributed by atoms with Crippen LogP contribution in [0.4, 0.5) is 9.52 Å². The number of nitrogens with one attached hydrogen (secondary N) is 1. The van der Waals surface area contributed by atoms with Gasteiger partial charge in [-0.3, -0.25) is 0 Å². The zero-order valence-electron chi connectivity index (χ0n) is 10.4. The smallest absolute Gasteiger partial charge is 0.206 e. The molecule has 1 aromatic carbocycles. The minimum atomic E-state index is -0.364. The van der Waals surface area contributed by atoms with Crippen LogP contribution in [0.3, 0.4) is 0 Å². The highest BCUT2D eigenvalue weighted by Crippen LogP contribution is 2.25. The summed E-state index contributed by atoms with van der Waals surface area (Å²) in [5.41, 5.74) is 0.834. The molecule has 1 heterocycles. The summed E-state index contributed by atoms with van der Waals surface area (Å²) in [6.45, 7) is 3.83. The number of methoxy groups -OCH3 is 1. The van der Waals surface area contributed by atoms with Crippen molar-refractivity contribution in [2.45, 2.75) is 19.9 Å². The van der Waals surface area contributed by atoms with Crippen LogP contribution < -0.4 is 10.1 Å². The lowest BCUT2D eigenvalue weighted by atomic mass is 10.1. The van der Waals surface area contributed by atoms with Gasteiger partial charge in [0, 0.05) is 0 Å². The summed E-state index contributed by atoms with van der Waals surface area (Å²) in [5, 5.41) is 12.7. The van der Waals surface area contributed by atoms with Gasteiger partial charge >= 0.3 is 0 Å². The molecule has 0 aliphatic carbocycles. The third-order valence-electron chi connectivity index (χ3n) is 2.54. The number of benzene rings is 1. The minimum absolute atomic E-state index is 0.0437. The highest BCUT2D eigenvalue weighted by molar-refractivity contribution is 7.15. The second-order valence-corrected chi connectivity index (χ2v) is 5.07. The molecule has 1 unspecified atom stereocenters. The third kappa shape index (κ3) is 2.76. The topological polar surface area (TPSA) is 47.0 Å². The predicted molar refractivity (Wildman–Crippen MR) is 69.6 cm³/mol. The van der Waals surface area contributed by atoms with E-state index >= 15 is 0 Å². The van der Waals surface area contributed by atoms with Crippen molar-refractivity contribution in [2.24, 2.45) is 0 Å². The zero-order valence-corrected chi connectivity index (χ0v) is 11.2. The second kappa shape index (κ2) is 5.30. The van der Waals surface area contributed by atoms with E-state index in [4.69, 9.17) is 4.74 Å². The lowest BCUT2D eigenvalue weighted by Gasteiger charge is -2.13. The maximum absolute atomic E-state index is 13.6. The van der Waals surface area contributed by atoms with Gasteiger partial charge in [-0.2, -0.15) is 0 Å². The number of aromatic nitrogens is 2. The highest BCUT2D eigenvalue weighted by atomic mass is 32.1. The summed E-state index contributed by atoms with van der Waals surface area (Å²) in [4.78, 5) is 0. The van der Waals surface area contributed by atoms with Crippen LogP contribution in [0.15, 0.2) is 18.2 Å². The first kappa shape index (κ1) is 12.8. The molecule has 0 fully saturated rings. The molecule has 0 saturated heterocycles. The van der Waals surface area contributed by atoms with E-state index in [1.807, 2.05) is 19.9 Å². The van der Waals surface area contributed by atoms with Crippen LogP contribution in [0.25, 0.3) is 0 Å². The lowest BCUT2D eigenvalue weighted by Crippen LogP contribution is -2.07. The van der Waals surface area contributed by atoms with Gasteiger partial charge in [0.1, 0.15) is 5.01 Å². The Balaban J connectivity index is 2.13. The number of anilines is 1. The van der Waals surface area contributed by atoms with Crippen LogP contribution >= 0.6 is 11.3 Å². The molecule has 96 valence electrons. The van der Waals surface area contributed by atoms with Crippen molar-refractivity contribution in [1.82, 2.24) is 10.2 Å². The molecule has 0 saturated carbocycles. The van der Waals surface area contributed by atoms with Crippen molar-refractivity contribution in [3.8, 4) is 5.75 Å². The minimum Gasteiger partial charge on any atom is -0.494 e. The van der Waals surface area contributed by atoms with Crippen LogP contribution in [0.5, 0.6) is 5.75 Å². The first-order chi connectivity index (χ1) is 8.60. The summed E-state index contributed by atoms with van der Waals surface area (Å²) in [7, 11) is 1.45. The van der Waals surface area contributed by atoms with E-state index in [9.17, 15) is 4.39 Å². The Morgan fingerprint density at radius 3 is 2.72 bits per heavy atom. The highest BCUT2D eigenvalue weighted by Gasteiger charge is 2.11. The first-order valence-electron chi connectivity index (χ1n) is 5.50. The predicted octanol–water partition coefficient (Wildman–Crippen LogP) is 3.17. The van der Waals surface area contributed by atoms with E-state index in [0.29, 0.717) is 0 Å². The number of hydrogen-bond donors (Lipinski definition) is 1. The van der Waals surface area contributed by atoms with Gasteiger partial charge in [0.2, 0.25) is 5.13 Å². The number of rotatable bonds is 4. The summed E-state index contributed by atoms with van der Waals surface area (Å²) in [6.07, 6.45) is 0. The van der Waals surface area contributed by atoms with E-state index in [2.05, 4.69) is 15.5 Å². The molecular formula is C12H14FN3OS. The molecule has 4 nitrogen and oxygen atoms in total. The van der Waals surface area contributed by atoms with E-state index in [0.717, 1.165) is 15.7 Å². The van der Waals surface area contributed by atoms with Gasteiger partial charge < -0.3 is 10.1 Å². The fourth-order valence-corrected chi connectivity index (χ4v) is 2.25. The average molecular weight is 267 g/mol. The molecule has 0 spiro atoms. The Morgan fingerprint density at radius 2 is 2.17 bits per heavy atom. The van der Waals surface area contributed by atoms with E-state index in [-0.39, 0.29) is 17.6 Å². The summed E-state index contributed by atoms with van der Waals surface area (Å²) in [5.74, 6) is -0.116. The van der Waals surface area contributed by atoms with Crippen molar-refractivity contribution >= 4 is 16.5 Å². The van der Waals surface area contributed by atoms with E-state index in [1.54, 1.807) is 6.07 Å². The number of nitrogens with zero attached hydrogens (tertiary/aromatic N) is 2. The standard InChI is InChI=1S/C12H14FN3OS/c1-7(14-12-16-15-8(2)18-12)9-4-5-11(17-3)10(13)6-9/h4-7H,1-3H3,(H,14,16). The summed E-state index contributed by atoms with van der Waals surface area (Å²) >= 11 is 1.47. The van der Waals surface area contributed by atoms with E-state index < -0.39 is 0 Å². The van der Waals surface area contributed by atoms with Crippen molar-refractivity contribution in [3.05, 3.63) is 34.6 Å². The Morgan fingerprint density at radius 1 is 1.39 bits per heavy atom. The van der Waals surface area contributed by atoms with Gasteiger partial charge in [-0.1, -0.05) is 17.4 Å². The molecule has 0 aliphatic heterocycles. The third-order valence-corrected chi connectivity index (χ3v) is 3.31. The normalized spacial score (nSPS) is 12.2. The number of aryl methyl sites for hydroxylation is 1. The maximum Gasteiger partial charge on any atom is 0.206 e. The molecule has 1 atom stereocenters. The molecule has 0 amide bonds. The molecule has 0 aliphatic rings. The van der Waals surface area contributed by atoms with E-state index in [1.165, 1.54) is 24.5 Å². The van der Waals surface area contributed by atoms with Crippen molar-refractivity contribution < 1.29 is 9.13 Å². The number of hydrogen-bond acceptors (Lipinski definition) is 5. The summed E-state index contributed by atoms with van der Waals surface area (Å²) in [6, 6.07) is 4.87. The van der Waals surface area contributed by atoms with Crippen LogP contribution in [0.2, 0.25) is 0 Å². The van der Waals surface area contributed by atoms with Crippen LogP contribution in [0, 0.1) is 12.7 Å². The maximum atomic E-state index is 13.6. The van der Waals surface area contributed by atoms with Crippen molar-refractivity contribution in [1.29, 1.82) is 0 Å². The molecule has 6 heteroatoms. The molecule has 2 rings (SSSR count). The SMILES string of the molecule is COc1ccc(C(C)Nc2nnc(C)s2)cc1F. The Labute approximate surface area is 109 Å². The molecular weight excluding hydrogens is 253 g/mol. The quantitative estimate of drug-likeness (QED) is 0.924. The Hall–Kier alpha value is -1.69. The average Bonchev–Trinajstić information content (AvgIpc) is 2.74. The van der Waals surface area contributed by atoms with Crippen LogP contribution in [-0.4, -0.2) is 17.3 Å². The summed E-state index contributed by atoms with van der Waals surface area (Å²) < 4.78 is 18.5. The number of ether oxygens (including phenoxy) is 1. The fraction of sp³-hybridized carbons (Fsp3) is 0.333. The van der Waals surface area contributed by atoms with Gasteiger partial charge in [-0.25, -0.2) is 4.39 Å². The first-order valence-corrected chi connectivity index (χ1v) is 6.32.